The molecule has 1 aromatic carbocycles. The van der Waals surface area contributed by atoms with Crippen LogP contribution >= 0.6 is 0 Å². The molecular weight excluding hydrogens is 340 g/mol. The topological polar surface area (TPSA) is 67.8 Å². The normalized spacial score (nSPS) is 21.7. The van der Waals surface area contributed by atoms with Crippen LogP contribution in [-0.4, -0.2) is 66.8 Å². The Labute approximate surface area is 162 Å². The summed E-state index contributed by atoms with van der Waals surface area (Å²) in [6, 6.07) is 8.00. The van der Waals surface area contributed by atoms with Gasteiger partial charge in [-0.1, -0.05) is 18.6 Å². The van der Waals surface area contributed by atoms with E-state index in [0.29, 0.717) is 12.5 Å². The smallest absolute Gasteiger partial charge is 0.319 e. The summed E-state index contributed by atoms with van der Waals surface area (Å²) in [6.07, 6.45) is 6.15. The number of benzene rings is 1. The van der Waals surface area contributed by atoms with Crippen molar-refractivity contribution in [2.75, 3.05) is 51.2 Å². The molecule has 0 unspecified atom stereocenters. The first-order valence-corrected chi connectivity index (χ1v) is 10.4. The zero-order valence-corrected chi connectivity index (χ0v) is 16.3. The lowest BCUT2D eigenvalue weighted by Gasteiger charge is -2.31. The number of hydrogen-bond donors (Lipinski definition) is 3. The Morgan fingerprint density at radius 2 is 1.93 bits per heavy atom. The number of carbonyl (C=O) groups excluding carboxylic acids is 1. The number of aliphatic hydroxyl groups excluding tert-OH is 1. The molecule has 0 radical (unpaired) electrons. The van der Waals surface area contributed by atoms with E-state index in [4.69, 9.17) is 0 Å². The Bertz CT molecular complexity index is 589. The second kappa shape index (κ2) is 10.6. The zero-order chi connectivity index (χ0) is 18.9. The first-order valence-electron chi connectivity index (χ1n) is 10.4. The standard InChI is InChI=1S/C21H34N4O2/c26-17-19-7-5-12-25(16-19)13-9-22-21(27)23-20-8-4-6-18(14-20)15-24-10-2-1-3-11-24/h4,6,8,14,19,26H,1-3,5,7,9-13,15-17H2,(H2,22,23,27)/t19-/m0/s1. The number of aliphatic hydroxyl groups is 1. The summed E-state index contributed by atoms with van der Waals surface area (Å²) in [7, 11) is 0. The van der Waals surface area contributed by atoms with Crippen LogP contribution in [0.15, 0.2) is 24.3 Å². The third-order valence-electron chi connectivity index (χ3n) is 5.61. The van der Waals surface area contributed by atoms with Crippen LogP contribution in [0.3, 0.4) is 0 Å². The SMILES string of the molecule is O=C(NCCN1CCC[C@H](CO)C1)Nc1cccc(CN2CCCCC2)c1. The Balaban J connectivity index is 1.39. The summed E-state index contributed by atoms with van der Waals surface area (Å²) in [5, 5.41) is 15.2. The minimum Gasteiger partial charge on any atom is -0.396 e. The molecule has 2 aliphatic heterocycles. The summed E-state index contributed by atoms with van der Waals surface area (Å²) < 4.78 is 0. The third-order valence-corrected chi connectivity index (χ3v) is 5.61. The molecule has 2 fully saturated rings. The molecule has 0 aliphatic carbocycles. The molecule has 2 aliphatic rings. The van der Waals surface area contributed by atoms with E-state index < -0.39 is 0 Å². The van der Waals surface area contributed by atoms with E-state index in [9.17, 15) is 9.90 Å². The van der Waals surface area contributed by atoms with Crippen molar-refractivity contribution in [2.45, 2.75) is 38.6 Å². The van der Waals surface area contributed by atoms with Crippen LogP contribution in [0.25, 0.3) is 0 Å². The fourth-order valence-corrected chi connectivity index (χ4v) is 4.13. The van der Waals surface area contributed by atoms with Crippen molar-refractivity contribution in [3.8, 4) is 0 Å². The highest BCUT2D eigenvalue weighted by atomic mass is 16.3. The largest absolute Gasteiger partial charge is 0.396 e. The molecule has 3 N–H and O–H groups in total. The number of anilines is 1. The van der Waals surface area contributed by atoms with Gasteiger partial charge in [0.15, 0.2) is 0 Å². The van der Waals surface area contributed by atoms with Gasteiger partial charge in [0.1, 0.15) is 0 Å². The number of urea groups is 1. The lowest BCUT2D eigenvalue weighted by Crippen LogP contribution is -2.42. The van der Waals surface area contributed by atoms with E-state index in [-0.39, 0.29) is 12.6 Å². The van der Waals surface area contributed by atoms with Crippen molar-refractivity contribution >= 4 is 11.7 Å². The number of nitrogens with zero attached hydrogens (tertiary/aromatic N) is 2. The molecule has 0 aromatic heterocycles. The van der Waals surface area contributed by atoms with Crippen molar-refractivity contribution < 1.29 is 9.90 Å². The second-order valence-electron chi connectivity index (χ2n) is 7.91. The number of piperidine rings is 2. The molecule has 0 saturated carbocycles. The van der Waals surface area contributed by atoms with E-state index in [0.717, 1.165) is 44.7 Å². The molecule has 0 spiro atoms. The average molecular weight is 375 g/mol. The van der Waals surface area contributed by atoms with Gasteiger partial charge in [0.25, 0.3) is 0 Å². The number of rotatable bonds is 7. The molecule has 6 nitrogen and oxygen atoms in total. The van der Waals surface area contributed by atoms with Crippen LogP contribution < -0.4 is 10.6 Å². The van der Waals surface area contributed by atoms with Gasteiger partial charge in [-0.05, 0) is 68.9 Å². The first kappa shape index (κ1) is 20.1. The summed E-state index contributed by atoms with van der Waals surface area (Å²) in [5.41, 5.74) is 2.10. The van der Waals surface area contributed by atoms with Gasteiger partial charge in [0, 0.05) is 38.5 Å². The van der Waals surface area contributed by atoms with Crippen LogP contribution in [0.2, 0.25) is 0 Å². The predicted octanol–water partition coefficient (Wildman–Crippen LogP) is 2.50. The van der Waals surface area contributed by atoms with Gasteiger partial charge in [0.05, 0.1) is 0 Å². The van der Waals surface area contributed by atoms with Crippen LogP contribution in [0.4, 0.5) is 10.5 Å². The van der Waals surface area contributed by atoms with Gasteiger partial charge >= 0.3 is 6.03 Å². The molecule has 2 saturated heterocycles. The van der Waals surface area contributed by atoms with E-state index in [1.807, 2.05) is 12.1 Å². The summed E-state index contributed by atoms with van der Waals surface area (Å²) in [5.74, 6) is 0.384. The Morgan fingerprint density at radius 3 is 2.74 bits per heavy atom. The third kappa shape index (κ3) is 6.79. The number of likely N-dealkylation sites (tertiary alicyclic amines) is 2. The Kier molecular flexibility index (Phi) is 7.93. The number of amides is 2. The number of nitrogens with one attached hydrogen (secondary N) is 2. The van der Waals surface area contributed by atoms with Gasteiger partial charge in [-0.2, -0.15) is 0 Å². The lowest BCUT2D eigenvalue weighted by atomic mass is 9.99. The summed E-state index contributed by atoms with van der Waals surface area (Å²) in [4.78, 5) is 17.0. The van der Waals surface area contributed by atoms with Crippen LogP contribution in [-0.2, 0) is 6.54 Å². The van der Waals surface area contributed by atoms with Crippen LogP contribution in [0.1, 0.15) is 37.7 Å². The number of hydrogen-bond acceptors (Lipinski definition) is 4. The van der Waals surface area contributed by atoms with E-state index in [1.54, 1.807) is 0 Å². The quantitative estimate of drug-likeness (QED) is 0.686. The zero-order valence-electron chi connectivity index (χ0n) is 16.3. The van der Waals surface area contributed by atoms with Crippen molar-refractivity contribution in [3.05, 3.63) is 29.8 Å². The van der Waals surface area contributed by atoms with Crippen molar-refractivity contribution in [3.63, 3.8) is 0 Å². The molecule has 2 heterocycles. The highest BCUT2D eigenvalue weighted by Crippen LogP contribution is 2.17. The van der Waals surface area contributed by atoms with Gasteiger partial charge in [0.2, 0.25) is 0 Å². The summed E-state index contributed by atoms with van der Waals surface area (Å²) >= 11 is 0. The lowest BCUT2D eigenvalue weighted by molar-refractivity contribution is 0.121. The molecule has 6 heteroatoms. The average Bonchev–Trinajstić information content (AvgIpc) is 2.69. The van der Waals surface area contributed by atoms with E-state index in [2.05, 4.69) is 32.6 Å². The van der Waals surface area contributed by atoms with Gasteiger partial charge in [-0.3, -0.25) is 4.90 Å². The van der Waals surface area contributed by atoms with Gasteiger partial charge in [-0.25, -0.2) is 4.79 Å². The van der Waals surface area contributed by atoms with Crippen LogP contribution in [0, 0.1) is 5.92 Å². The molecule has 3 rings (SSSR count). The fourth-order valence-electron chi connectivity index (χ4n) is 4.13. The van der Waals surface area contributed by atoms with Crippen molar-refractivity contribution in [1.82, 2.24) is 15.1 Å². The Morgan fingerprint density at radius 1 is 1.11 bits per heavy atom. The molecule has 1 aromatic rings. The van der Waals surface area contributed by atoms with Crippen LogP contribution in [0.5, 0.6) is 0 Å². The van der Waals surface area contributed by atoms with E-state index in [1.165, 1.54) is 37.9 Å². The van der Waals surface area contributed by atoms with Gasteiger partial charge < -0.3 is 20.6 Å². The predicted molar refractivity (Wildman–Crippen MR) is 109 cm³/mol. The Hall–Kier alpha value is -1.63. The monoisotopic (exact) mass is 374 g/mol. The van der Waals surface area contributed by atoms with E-state index >= 15 is 0 Å². The summed E-state index contributed by atoms with van der Waals surface area (Å²) in [6.45, 7) is 7.00. The maximum atomic E-state index is 12.2. The second-order valence-corrected chi connectivity index (χ2v) is 7.91. The highest BCUT2D eigenvalue weighted by molar-refractivity contribution is 5.89. The number of carbonyl (C=O) groups is 1. The molecule has 1 atom stereocenters. The molecular formula is C21H34N4O2. The molecule has 150 valence electrons. The van der Waals surface area contributed by atoms with Crippen molar-refractivity contribution in [1.29, 1.82) is 0 Å². The molecule has 2 amide bonds. The maximum absolute atomic E-state index is 12.2. The maximum Gasteiger partial charge on any atom is 0.319 e. The molecule has 0 bridgehead atoms. The minimum atomic E-state index is -0.152. The minimum absolute atomic E-state index is 0.152. The molecule has 27 heavy (non-hydrogen) atoms. The van der Waals surface area contributed by atoms with Crippen molar-refractivity contribution in [2.24, 2.45) is 5.92 Å². The first-order chi connectivity index (χ1) is 13.2. The fraction of sp³-hybridized carbons (Fsp3) is 0.667. The highest BCUT2D eigenvalue weighted by Gasteiger charge is 2.18. The van der Waals surface area contributed by atoms with Gasteiger partial charge in [-0.15, -0.1) is 0 Å².